The lowest BCUT2D eigenvalue weighted by molar-refractivity contribution is 0.479. The summed E-state index contributed by atoms with van der Waals surface area (Å²) in [6.45, 7) is 6.64. The highest BCUT2D eigenvalue weighted by molar-refractivity contribution is 6.31. The largest absolute Gasteiger partial charge is 0.457 e. The van der Waals surface area contributed by atoms with Gasteiger partial charge in [0.2, 0.25) is 0 Å². The molecule has 0 spiro atoms. The van der Waals surface area contributed by atoms with Crippen LogP contribution < -0.4 is 9.64 Å². The third-order valence-electron chi connectivity index (χ3n) is 7.54. The van der Waals surface area contributed by atoms with Crippen molar-refractivity contribution >= 4 is 40.3 Å². The first-order chi connectivity index (χ1) is 21.3. The van der Waals surface area contributed by atoms with Gasteiger partial charge in [-0.15, -0.1) is 0 Å². The number of halogens is 2. The van der Waals surface area contributed by atoms with E-state index in [0.717, 1.165) is 50.6 Å². The molecule has 0 heterocycles. The number of para-hydroxylation sites is 1. The fraction of sp³-hybridized carbons (Fsp3) is 0.100. The number of anilines is 3. The second-order valence-electron chi connectivity index (χ2n) is 11.8. The zero-order valence-electron chi connectivity index (χ0n) is 25.0. The molecule has 0 radical (unpaired) electrons. The summed E-state index contributed by atoms with van der Waals surface area (Å²) < 4.78 is 6.47. The van der Waals surface area contributed by atoms with Crippen molar-refractivity contribution in [1.29, 1.82) is 0 Å². The van der Waals surface area contributed by atoms with Crippen molar-refractivity contribution in [3.63, 3.8) is 0 Å². The van der Waals surface area contributed by atoms with Crippen molar-refractivity contribution in [1.82, 2.24) is 0 Å². The Morgan fingerprint density at radius 2 is 1.07 bits per heavy atom. The normalized spacial score (nSPS) is 11.3. The quantitative estimate of drug-likeness (QED) is 0.177. The van der Waals surface area contributed by atoms with Gasteiger partial charge in [-0.2, -0.15) is 0 Å². The molecule has 0 unspecified atom stereocenters. The van der Waals surface area contributed by atoms with Crippen LogP contribution >= 0.6 is 23.2 Å². The van der Waals surface area contributed by atoms with Crippen molar-refractivity contribution in [2.75, 3.05) is 4.90 Å². The molecule has 0 saturated heterocycles. The Kier molecular flexibility index (Phi) is 8.48. The smallest absolute Gasteiger partial charge is 0.129 e. The molecule has 0 aliphatic carbocycles. The van der Waals surface area contributed by atoms with E-state index >= 15 is 0 Å². The van der Waals surface area contributed by atoms with E-state index in [1.807, 2.05) is 54.6 Å². The number of hydrogen-bond donors (Lipinski definition) is 0. The van der Waals surface area contributed by atoms with Crippen LogP contribution in [0.1, 0.15) is 26.3 Å². The average molecular weight is 615 g/mol. The molecule has 6 rings (SSSR count). The van der Waals surface area contributed by atoms with E-state index in [1.165, 1.54) is 0 Å². The van der Waals surface area contributed by atoms with Crippen LogP contribution in [0.4, 0.5) is 17.1 Å². The predicted molar refractivity (Wildman–Crippen MR) is 187 cm³/mol. The Bertz CT molecular complexity index is 1840. The van der Waals surface area contributed by atoms with Crippen molar-refractivity contribution in [2.45, 2.75) is 26.2 Å². The summed E-state index contributed by atoms with van der Waals surface area (Å²) in [6, 6.07) is 49.5. The Hall–Kier alpha value is -4.50. The molecular formula is C40H33Cl2NO. The SMILES string of the molecule is CC(C)(C)c1cc(Oc2cccc(Cl)c2)cc(N(c2cccc(Cl)c2)c2c(-c3ccccc3)cccc2-c2ccccc2)c1. The van der Waals surface area contributed by atoms with E-state index in [9.17, 15) is 0 Å². The molecule has 0 N–H and O–H groups in total. The number of rotatable bonds is 7. The fourth-order valence-electron chi connectivity index (χ4n) is 5.38. The van der Waals surface area contributed by atoms with E-state index in [2.05, 4.69) is 117 Å². The van der Waals surface area contributed by atoms with Crippen LogP contribution in [0.5, 0.6) is 11.5 Å². The van der Waals surface area contributed by atoms with Crippen LogP contribution in [0, 0.1) is 0 Å². The Morgan fingerprint density at radius 1 is 0.500 bits per heavy atom. The van der Waals surface area contributed by atoms with Gasteiger partial charge in [-0.3, -0.25) is 0 Å². The Balaban J connectivity index is 1.67. The summed E-state index contributed by atoms with van der Waals surface area (Å²) in [5.74, 6) is 1.40. The van der Waals surface area contributed by atoms with Gasteiger partial charge in [0, 0.05) is 32.9 Å². The van der Waals surface area contributed by atoms with E-state index in [-0.39, 0.29) is 5.41 Å². The molecule has 6 aromatic carbocycles. The van der Waals surface area contributed by atoms with Crippen LogP contribution in [0.2, 0.25) is 10.0 Å². The van der Waals surface area contributed by atoms with Crippen molar-refractivity contribution in [3.8, 4) is 33.8 Å². The van der Waals surface area contributed by atoms with E-state index < -0.39 is 0 Å². The van der Waals surface area contributed by atoms with Crippen LogP contribution in [0.15, 0.2) is 146 Å². The molecule has 0 aliphatic rings. The summed E-state index contributed by atoms with van der Waals surface area (Å²) in [5.41, 5.74) is 8.38. The van der Waals surface area contributed by atoms with Gasteiger partial charge in [0.1, 0.15) is 11.5 Å². The maximum Gasteiger partial charge on any atom is 0.129 e. The standard InChI is InChI=1S/C40H33Cl2NO/c1-40(2,3)30-23-34(27-36(24-30)44-35-20-11-18-32(42)26-35)43(33-19-10-17-31(41)25-33)39-37(28-13-6-4-7-14-28)21-12-22-38(39)29-15-8-5-9-16-29/h4-27H,1-3H3. The van der Waals surface area contributed by atoms with Crippen molar-refractivity contribution < 1.29 is 4.74 Å². The second kappa shape index (κ2) is 12.6. The first kappa shape index (κ1) is 29.6. The molecule has 0 aliphatic heterocycles. The highest BCUT2D eigenvalue weighted by Crippen LogP contribution is 2.48. The maximum atomic E-state index is 6.67. The van der Waals surface area contributed by atoms with E-state index in [0.29, 0.717) is 15.8 Å². The molecule has 0 saturated carbocycles. The molecule has 2 nitrogen and oxygen atoms in total. The lowest BCUT2D eigenvalue weighted by Gasteiger charge is -2.32. The molecule has 0 bridgehead atoms. The Labute approximate surface area is 270 Å². The molecule has 4 heteroatoms. The molecule has 44 heavy (non-hydrogen) atoms. The maximum absolute atomic E-state index is 6.67. The van der Waals surface area contributed by atoms with Gasteiger partial charge in [0.05, 0.1) is 11.4 Å². The number of benzene rings is 6. The molecule has 0 atom stereocenters. The highest BCUT2D eigenvalue weighted by atomic mass is 35.5. The van der Waals surface area contributed by atoms with Gasteiger partial charge in [-0.05, 0) is 70.6 Å². The zero-order chi connectivity index (χ0) is 30.7. The summed E-state index contributed by atoms with van der Waals surface area (Å²) in [4.78, 5) is 2.30. The minimum atomic E-state index is -0.149. The summed E-state index contributed by atoms with van der Waals surface area (Å²) in [7, 11) is 0. The number of nitrogens with zero attached hydrogens (tertiary/aromatic N) is 1. The molecule has 0 amide bonds. The monoisotopic (exact) mass is 613 g/mol. The summed E-state index contributed by atoms with van der Waals surface area (Å²) in [6.07, 6.45) is 0. The van der Waals surface area contributed by atoms with Crippen molar-refractivity contribution in [2.24, 2.45) is 0 Å². The topological polar surface area (TPSA) is 12.5 Å². The van der Waals surface area contributed by atoms with E-state index in [4.69, 9.17) is 27.9 Å². The summed E-state index contributed by atoms with van der Waals surface area (Å²) >= 11 is 13.0. The van der Waals surface area contributed by atoms with Crippen LogP contribution in [0.3, 0.4) is 0 Å². The second-order valence-corrected chi connectivity index (χ2v) is 12.6. The van der Waals surface area contributed by atoms with Crippen LogP contribution in [-0.4, -0.2) is 0 Å². The number of ether oxygens (including phenoxy) is 1. The van der Waals surface area contributed by atoms with Crippen LogP contribution in [-0.2, 0) is 5.41 Å². The van der Waals surface area contributed by atoms with Gasteiger partial charge in [-0.25, -0.2) is 0 Å². The molecule has 0 fully saturated rings. The molecule has 218 valence electrons. The first-order valence-corrected chi connectivity index (χ1v) is 15.4. The van der Waals surface area contributed by atoms with Crippen LogP contribution in [0.25, 0.3) is 22.3 Å². The van der Waals surface area contributed by atoms with Gasteiger partial charge >= 0.3 is 0 Å². The molecule has 0 aromatic heterocycles. The number of hydrogen-bond acceptors (Lipinski definition) is 2. The predicted octanol–water partition coefficient (Wildman–Crippen LogP) is 12.9. The van der Waals surface area contributed by atoms with Gasteiger partial charge in [0.25, 0.3) is 0 Å². The van der Waals surface area contributed by atoms with Gasteiger partial charge in [0.15, 0.2) is 0 Å². The third kappa shape index (κ3) is 6.53. The zero-order valence-corrected chi connectivity index (χ0v) is 26.5. The minimum absolute atomic E-state index is 0.149. The first-order valence-electron chi connectivity index (χ1n) is 14.6. The van der Waals surface area contributed by atoms with Gasteiger partial charge < -0.3 is 9.64 Å². The van der Waals surface area contributed by atoms with Crippen molar-refractivity contribution in [3.05, 3.63) is 161 Å². The average Bonchev–Trinajstić information content (AvgIpc) is 3.02. The Morgan fingerprint density at radius 3 is 1.64 bits per heavy atom. The fourth-order valence-corrected chi connectivity index (χ4v) is 5.74. The van der Waals surface area contributed by atoms with E-state index in [1.54, 1.807) is 0 Å². The minimum Gasteiger partial charge on any atom is -0.457 e. The highest BCUT2D eigenvalue weighted by Gasteiger charge is 2.25. The van der Waals surface area contributed by atoms with Gasteiger partial charge in [-0.1, -0.05) is 135 Å². The lowest BCUT2D eigenvalue weighted by Crippen LogP contribution is -2.16. The summed E-state index contributed by atoms with van der Waals surface area (Å²) in [5, 5.41) is 1.29. The third-order valence-corrected chi connectivity index (χ3v) is 8.01. The molecular weight excluding hydrogens is 581 g/mol. The lowest BCUT2D eigenvalue weighted by atomic mass is 9.86. The molecule has 6 aromatic rings.